The van der Waals surface area contributed by atoms with Crippen molar-refractivity contribution in [2.45, 2.75) is 6.92 Å². The van der Waals surface area contributed by atoms with Gasteiger partial charge < -0.3 is 0 Å². The van der Waals surface area contributed by atoms with Gasteiger partial charge in [0.1, 0.15) is 0 Å². The van der Waals surface area contributed by atoms with Crippen molar-refractivity contribution >= 4 is 10.0 Å². The quantitative estimate of drug-likeness (QED) is 0.547. The minimum absolute atomic E-state index is 1.10. The molecule has 0 heterocycles. The second-order valence-corrected chi connectivity index (χ2v) is 2.96. The van der Waals surface area contributed by atoms with E-state index in [9.17, 15) is 8.42 Å². The zero-order valence-corrected chi connectivity index (χ0v) is 5.12. The van der Waals surface area contributed by atoms with Gasteiger partial charge >= 0.3 is 0 Å². The van der Waals surface area contributed by atoms with Gasteiger partial charge in [-0.1, -0.05) is 0 Å². The lowest BCUT2D eigenvalue weighted by molar-refractivity contribution is 0.594. The van der Waals surface area contributed by atoms with Crippen molar-refractivity contribution in [1.29, 1.82) is 0 Å². The summed E-state index contributed by atoms with van der Waals surface area (Å²) in [5.74, 6) is 0. The van der Waals surface area contributed by atoms with Crippen LogP contribution >= 0.6 is 0 Å². The molecule has 3 nitrogen and oxygen atoms in total. The van der Waals surface area contributed by atoms with E-state index < -0.39 is 10.0 Å². The minimum Gasteiger partial charge on any atom is -0.213 e. The third kappa shape index (κ3) is 5.91. The Hall–Kier alpha value is -0.0900. The van der Waals surface area contributed by atoms with Gasteiger partial charge in [-0.3, -0.25) is 0 Å². The predicted octanol–water partition coefficient (Wildman–Crippen LogP) is -0.283. The van der Waals surface area contributed by atoms with E-state index in [2.05, 4.69) is 4.72 Å². The molecule has 0 atom stereocenters. The van der Waals surface area contributed by atoms with Gasteiger partial charge in [-0.25, -0.2) is 13.1 Å². The second-order valence-electron chi connectivity index (χ2n) is 1.18. The zero-order valence-electron chi connectivity index (χ0n) is 4.30. The van der Waals surface area contributed by atoms with Crippen LogP contribution in [-0.4, -0.2) is 14.7 Å². The van der Waals surface area contributed by atoms with Gasteiger partial charge in [0.2, 0.25) is 10.0 Å². The van der Waals surface area contributed by atoms with Crippen molar-refractivity contribution in [3.05, 3.63) is 6.54 Å². The molecule has 1 radical (unpaired) electrons. The highest BCUT2D eigenvalue weighted by molar-refractivity contribution is 7.88. The van der Waals surface area contributed by atoms with Crippen molar-refractivity contribution in [3.8, 4) is 0 Å². The van der Waals surface area contributed by atoms with Crippen LogP contribution in [0.1, 0.15) is 6.92 Å². The molecule has 0 aliphatic carbocycles. The van der Waals surface area contributed by atoms with E-state index in [0.717, 1.165) is 6.26 Å². The fourth-order valence-corrected chi connectivity index (χ4v) is 0.642. The SMILES string of the molecule is C[CH]NS(C)(=O)=O. The van der Waals surface area contributed by atoms with Gasteiger partial charge in [-0.05, 0) is 6.92 Å². The Morgan fingerprint density at radius 1 is 1.57 bits per heavy atom. The van der Waals surface area contributed by atoms with Gasteiger partial charge in [-0.15, -0.1) is 0 Å². The number of hydrogen-bond donors (Lipinski definition) is 1. The maximum atomic E-state index is 10.1. The highest BCUT2D eigenvalue weighted by Crippen LogP contribution is 1.72. The molecule has 0 rings (SSSR count). The fourth-order valence-electron chi connectivity index (χ4n) is 0.214. The Morgan fingerprint density at radius 3 is 2.00 bits per heavy atom. The van der Waals surface area contributed by atoms with Gasteiger partial charge in [-0.2, -0.15) is 0 Å². The summed E-state index contributed by atoms with van der Waals surface area (Å²) in [6, 6.07) is 0. The van der Waals surface area contributed by atoms with Crippen molar-refractivity contribution < 1.29 is 8.42 Å². The number of nitrogens with one attached hydrogen (secondary N) is 1. The third-order valence-corrected chi connectivity index (χ3v) is 0.996. The van der Waals surface area contributed by atoms with E-state index in [1.54, 1.807) is 6.92 Å². The standard InChI is InChI=1S/C3H8NO2S/c1-3-4-7(2,5)6/h3-4H,1-2H3. The lowest BCUT2D eigenvalue weighted by atomic mass is 10.8. The Bertz CT molecular complexity index is 126. The van der Waals surface area contributed by atoms with Crippen LogP contribution in [0.15, 0.2) is 0 Å². The molecule has 0 saturated heterocycles. The molecule has 0 fully saturated rings. The summed E-state index contributed by atoms with van der Waals surface area (Å²) in [5, 5.41) is 0. The summed E-state index contributed by atoms with van der Waals surface area (Å²) in [6.45, 7) is 2.98. The van der Waals surface area contributed by atoms with E-state index in [1.165, 1.54) is 6.54 Å². The van der Waals surface area contributed by atoms with Gasteiger partial charge in [0, 0.05) is 6.54 Å². The monoisotopic (exact) mass is 122 g/mol. The molecule has 43 valence electrons. The molecule has 0 aliphatic rings. The molecule has 0 amide bonds. The van der Waals surface area contributed by atoms with Crippen molar-refractivity contribution in [2.24, 2.45) is 0 Å². The van der Waals surface area contributed by atoms with Gasteiger partial charge in [0.05, 0.1) is 6.26 Å². The first kappa shape index (κ1) is 6.91. The Morgan fingerprint density at radius 2 is 2.00 bits per heavy atom. The third-order valence-electron chi connectivity index (χ3n) is 0.332. The van der Waals surface area contributed by atoms with Crippen LogP contribution in [0.3, 0.4) is 0 Å². The maximum absolute atomic E-state index is 10.1. The summed E-state index contributed by atoms with van der Waals surface area (Å²) in [4.78, 5) is 0. The molecule has 0 bridgehead atoms. The average molecular weight is 122 g/mol. The zero-order chi connectivity index (χ0) is 5.91. The first-order valence-electron chi connectivity index (χ1n) is 1.81. The molecule has 1 N–H and O–H groups in total. The van der Waals surface area contributed by atoms with Gasteiger partial charge in [0.25, 0.3) is 0 Å². The molecule has 4 heteroatoms. The summed E-state index contributed by atoms with van der Waals surface area (Å²) in [6.07, 6.45) is 1.10. The summed E-state index contributed by atoms with van der Waals surface area (Å²) in [7, 11) is -2.98. The molecular formula is C3H8NO2S. The van der Waals surface area contributed by atoms with Crippen LogP contribution in [0.5, 0.6) is 0 Å². The smallest absolute Gasteiger partial charge is 0.208 e. The fraction of sp³-hybridized carbons (Fsp3) is 0.667. The molecule has 0 aromatic heterocycles. The highest BCUT2D eigenvalue weighted by atomic mass is 32.2. The highest BCUT2D eigenvalue weighted by Gasteiger charge is 1.92. The van der Waals surface area contributed by atoms with Crippen molar-refractivity contribution in [2.75, 3.05) is 6.26 Å². The predicted molar refractivity (Wildman–Crippen MR) is 28.0 cm³/mol. The first-order chi connectivity index (χ1) is 3.06. The average Bonchev–Trinajstić information content (AvgIpc) is 1.30. The largest absolute Gasteiger partial charge is 0.213 e. The van der Waals surface area contributed by atoms with E-state index >= 15 is 0 Å². The normalized spacial score (nSPS) is 11.7. The molecular weight excluding hydrogens is 114 g/mol. The van der Waals surface area contributed by atoms with Crippen LogP contribution in [0.4, 0.5) is 0 Å². The first-order valence-corrected chi connectivity index (χ1v) is 3.70. The minimum atomic E-state index is -2.98. The van der Waals surface area contributed by atoms with E-state index in [4.69, 9.17) is 0 Å². The summed E-state index contributed by atoms with van der Waals surface area (Å²) < 4.78 is 22.3. The summed E-state index contributed by atoms with van der Waals surface area (Å²) in [5.41, 5.74) is 0. The molecule has 0 aliphatic heterocycles. The van der Waals surface area contributed by atoms with Gasteiger partial charge in [0.15, 0.2) is 0 Å². The van der Waals surface area contributed by atoms with Crippen LogP contribution in [0.2, 0.25) is 0 Å². The van der Waals surface area contributed by atoms with E-state index in [1.807, 2.05) is 0 Å². The van der Waals surface area contributed by atoms with Crippen LogP contribution in [-0.2, 0) is 10.0 Å². The van der Waals surface area contributed by atoms with Crippen LogP contribution in [0, 0.1) is 6.54 Å². The number of hydrogen-bond acceptors (Lipinski definition) is 2. The Kier molecular flexibility index (Phi) is 2.25. The van der Waals surface area contributed by atoms with Crippen molar-refractivity contribution in [1.82, 2.24) is 4.72 Å². The van der Waals surface area contributed by atoms with E-state index in [0.29, 0.717) is 0 Å². The van der Waals surface area contributed by atoms with Crippen LogP contribution < -0.4 is 4.72 Å². The lowest BCUT2D eigenvalue weighted by Gasteiger charge is -1.91. The number of rotatable bonds is 2. The Labute approximate surface area is 43.8 Å². The molecule has 0 spiro atoms. The molecule has 0 saturated carbocycles. The Balaban J connectivity index is 3.60. The summed E-state index contributed by atoms with van der Waals surface area (Å²) >= 11 is 0. The maximum Gasteiger partial charge on any atom is 0.208 e. The topological polar surface area (TPSA) is 46.2 Å². The lowest BCUT2D eigenvalue weighted by Crippen LogP contribution is -2.16. The van der Waals surface area contributed by atoms with E-state index in [-0.39, 0.29) is 0 Å². The molecule has 0 unspecified atom stereocenters. The van der Waals surface area contributed by atoms with Crippen molar-refractivity contribution in [3.63, 3.8) is 0 Å². The number of sulfonamides is 1. The molecule has 0 aromatic rings. The second kappa shape index (κ2) is 2.28. The van der Waals surface area contributed by atoms with Crippen LogP contribution in [0.25, 0.3) is 0 Å². The molecule has 7 heavy (non-hydrogen) atoms. The molecule has 0 aromatic carbocycles.